The van der Waals surface area contributed by atoms with Crippen LogP contribution in [-0.4, -0.2) is 30.2 Å². The lowest BCUT2D eigenvalue weighted by atomic mass is 10.2. The lowest BCUT2D eigenvalue weighted by Crippen LogP contribution is -2.29. The normalized spacial score (nSPS) is 9.71. The van der Waals surface area contributed by atoms with E-state index in [1.807, 2.05) is 31.2 Å². The van der Waals surface area contributed by atoms with Gasteiger partial charge >= 0.3 is 0 Å². The van der Waals surface area contributed by atoms with Crippen molar-refractivity contribution in [3.8, 4) is 6.07 Å². The fourth-order valence-corrected chi connectivity index (χ4v) is 2.26. The highest BCUT2D eigenvalue weighted by atomic mass is 32.2. The third-order valence-corrected chi connectivity index (χ3v) is 3.32. The third kappa shape index (κ3) is 4.92. The van der Waals surface area contributed by atoms with Crippen molar-refractivity contribution in [3.63, 3.8) is 0 Å². The monoisotopic (exact) mass is 248 g/mol. The molecule has 0 unspecified atom stereocenters. The van der Waals surface area contributed by atoms with Gasteiger partial charge in [0, 0.05) is 18.5 Å². The summed E-state index contributed by atoms with van der Waals surface area (Å²) in [6, 6.07) is 10.1. The predicted molar refractivity (Wildman–Crippen MR) is 69.8 cm³/mol. The molecular weight excluding hydrogens is 232 g/mol. The molecule has 17 heavy (non-hydrogen) atoms. The first-order valence-corrected chi connectivity index (χ1v) is 6.42. The van der Waals surface area contributed by atoms with E-state index >= 15 is 0 Å². The maximum atomic E-state index is 11.7. The van der Waals surface area contributed by atoms with Crippen molar-refractivity contribution >= 4 is 17.7 Å². The number of hydrogen-bond acceptors (Lipinski definition) is 3. The molecule has 0 aliphatic rings. The quantitative estimate of drug-likeness (QED) is 0.752. The second-order valence-electron chi connectivity index (χ2n) is 3.83. The highest BCUT2D eigenvalue weighted by Crippen LogP contribution is 2.19. The summed E-state index contributed by atoms with van der Waals surface area (Å²) in [6.45, 7) is 2.54. The van der Waals surface area contributed by atoms with Gasteiger partial charge in [-0.2, -0.15) is 5.26 Å². The van der Waals surface area contributed by atoms with Gasteiger partial charge in [-0.15, -0.1) is 11.8 Å². The molecule has 0 heterocycles. The number of amides is 1. The van der Waals surface area contributed by atoms with Crippen molar-refractivity contribution in [2.75, 3.05) is 19.3 Å². The number of aryl methyl sites for hydroxylation is 1. The van der Waals surface area contributed by atoms with E-state index in [4.69, 9.17) is 5.26 Å². The average Bonchev–Trinajstić information content (AvgIpc) is 2.33. The Kier molecular flexibility index (Phi) is 5.58. The van der Waals surface area contributed by atoms with E-state index in [9.17, 15) is 4.79 Å². The van der Waals surface area contributed by atoms with Gasteiger partial charge in [-0.25, -0.2) is 0 Å². The molecule has 0 atom stereocenters. The fourth-order valence-electron chi connectivity index (χ4n) is 1.30. The number of thioether (sulfide) groups is 1. The Morgan fingerprint density at radius 2 is 2.29 bits per heavy atom. The van der Waals surface area contributed by atoms with Gasteiger partial charge in [0.1, 0.15) is 0 Å². The van der Waals surface area contributed by atoms with Crippen molar-refractivity contribution in [2.24, 2.45) is 0 Å². The Morgan fingerprint density at radius 1 is 1.53 bits per heavy atom. The first kappa shape index (κ1) is 13.6. The molecule has 3 nitrogen and oxygen atoms in total. The molecule has 0 spiro atoms. The lowest BCUT2D eigenvalue weighted by molar-refractivity contribution is -0.127. The van der Waals surface area contributed by atoms with Gasteiger partial charge < -0.3 is 4.90 Å². The zero-order valence-electron chi connectivity index (χ0n) is 10.1. The van der Waals surface area contributed by atoms with Gasteiger partial charge in [-0.05, 0) is 19.1 Å². The van der Waals surface area contributed by atoms with Crippen LogP contribution in [0.25, 0.3) is 0 Å². The Balaban J connectivity index is 2.40. The Labute approximate surface area is 106 Å². The molecule has 0 radical (unpaired) electrons. The molecule has 0 aromatic heterocycles. The smallest absolute Gasteiger partial charge is 0.232 e. The van der Waals surface area contributed by atoms with Crippen molar-refractivity contribution in [2.45, 2.75) is 18.2 Å². The molecule has 0 aliphatic carbocycles. The predicted octanol–water partition coefficient (Wildman–Crippen LogP) is 2.46. The Hall–Kier alpha value is -1.47. The summed E-state index contributed by atoms with van der Waals surface area (Å²) in [7, 11) is 1.73. The number of carbonyl (C=O) groups is 1. The van der Waals surface area contributed by atoms with Gasteiger partial charge in [0.25, 0.3) is 0 Å². The van der Waals surface area contributed by atoms with E-state index in [2.05, 4.69) is 6.07 Å². The Bertz CT molecular complexity index is 426. The summed E-state index contributed by atoms with van der Waals surface area (Å²) in [5, 5.41) is 8.44. The minimum atomic E-state index is 0.0618. The van der Waals surface area contributed by atoms with E-state index < -0.39 is 0 Å². The van der Waals surface area contributed by atoms with Crippen LogP contribution in [0.4, 0.5) is 0 Å². The van der Waals surface area contributed by atoms with Crippen LogP contribution in [-0.2, 0) is 4.79 Å². The summed E-state index contributed by atoms with van der Waals surface area (Å²) in [5.41, 5.74) is 1.19. The molecule has 0 saturated heterocycles. The average molecular weight is 248 g/mol. The maximum absolute atomic E-state index is 11.7. The van der Waals surface area contributed by atoms with Gasteiger partial charge in [0.2, 0.25) is 5.91 Å². The SMILES string of the molecule is Cc1cccc(SCC(=O)N(C)CCC#N)c1. The first-order valence-electron chi connectivity index (χ1n) is 5.44. The van der Waals surface area contributed by atoms with Crippen molar-refractivity contribution in [1.29, 1.82) is 5.26 Å². The van der Waals surface area contributed by atoms with E-state index in [1.54, 1.807) is 11.9 Å². The summed E-state index contributed by atoms with van der Waals surface area (Å²) in [6.07, 6.45) is 0.386. The molecule has 0 saturated carbocycles. The molecule has 0 N–H and O–H groups in total. The van der Waals surface area contributed by atoms with Crippen LogP contribution in [0.3, 0.4) is 0 Å². The number of hydrogen-bond donors (Lipinski definition) is 0. The van der Waals surface area contributed by atoms with Crippen LogP contribution in [0.15, 0.2) is 29.2 Å². The first-order chi connectivity index (χ1) is 8.13. The fraction of sp³-hybridized carbons (Fsp3) is 0.385. The topological polar surface area (TPSA) is 44.1 Å². The lowest BCUT2D eigenvalue weighted by Gasteiger charge is -2.14. The van der Waals surface area contributed by atoms with E-state index in [0.717, 1.165) is 4.90 Å². The number of benzene rings is 1. The zero-order valence-corrected chi connectivity index (χ0v) is 11.0. The molecule has 0 fully saturated rings. The van der Waals surface area contributed by atoms with Crippen LogP contribution in [0, 0.1) is 18.3 Å². The minimum Gasteiger partial charge on any atom is -0.344 e. The number of rotatable bonds is 5. The molecule has 4 heteroatoms. The van der Waals surface area contributed by atoms with Gasteiger partial charge in [0.05, 0.1) is 18.2 Å². The number of carbonyl (C=O) groups excluding carboxylic acids is 1. The second-order valence-corrected chi connectivity index (χ2v) is 4.88. The van der Waals surface area contributed by atoms with Crippen molar-refractivity contribution in [1.82, 2.24) is 4.90 Å². The van der Waals surface area contributed by atoms with Gasteiger partial charge in [-0.3, -0.25) is 4.79 Å². The molecule has 1 aromatic rings. The summed E-state index contributed by atoms with van der Waals surface area (Å²) in [4.78, 5) is 14.4. The van der Waals surface area contributed by atoms with Gasteiger partial charge in [-0.1, -0.05) is 17.7 Å². The standard InChI is InChI=1S/C13H16N2OS/c1-11-5-3-6-12(9-11)17-10-13(16)15(2)8-4-7-14/h3,5-6,9H,4,8,10H2,1-2H3. The zero-order chi connectivity index (χ0) is 12.7. The van der Waals surface area contributed by atoms with Crippen LogP contribution in [0.1, 0.15) is 12.0 Å². The number of nitriles is 1. The summed E-state index contributed by atoms with van der Waals surface area (Å²) < 4.78 is 0. The summed E-state index contributed by atoms with van der Waals surface area (Å²) >= 11 is 1.53. The Morgan fingerprint density at radius 3 is 2.94 bits per heavy atom. The minimum absolute atomic E-state index is 0.0618. The largest absolute Gasteiger partial charge is 0.344 e. The third-order valence-electron chi connectivity index (χ3n) is 2.34. The molecule has 1 rings (SSSR count). The van der Waals surface area contributed by atoms with Crippen molar-refractivity contribution in [3.05, 3.63) is 29.8 Å². The molecule has 90 valence electrons. The van der Waals surface area contributed by atoms with Crippen LogP contribution >= 0.6 is 11.8 Å². The van der Waals surface area contributed by atoms with Gasteiger partial charge in [0.15, 0.2) is 0 Å². The molecular formula is C13H16N2OS. The molecule has 1 amide bonds. The van der Waals surface area contributed by atoms with E-state index in [0.29, 0.717) is 18.7 Å². The van der Waals surface area contributed by atoms with E-state index in [-0.39, 0.29) is 5.91 Å². The van der Waals surface area contributed by atoms with Crippen LogP contribution in [0.2, 0.25) is 0 Å². The number of nitrogens with zero attached hydrogens (tertiary/aromatic N) is 2. The summed E-state index contributed by atoms with van der Waals surface area (Å²) in [5.74, 6) is 0.484. The molecule has 0 bridgehead atoms. The highest BCUT2D eigenvalue weighted by molar-refractivity contribution is 8.00. The van der Waals surface area contributed by atoms with Crippen LogP contribution < -0.4 is 0 Å². The maximum Gasteiger partial charge on any atom is 0.232 e. The second kappa shape index (κ2) is 6.97. The molecule has 0 aliphatic heterocycles. The van der Waals surface area contributed by atoms with Crippen LogP contribution in [0.5, 0.6) is 0 Å². The molecule has 1 aromatic carbocycles. The van der Waals surface area contributed by atoms with Crippen molar-refractivity contribution < 1.29 is 4.79 Å². The highest BCUT2D eigenvalue weighted by Gasteiger charge is 2.08. The van der Waals surface area contributed by atoms with E-state index in [1.165, 1.54) is 17.3 Å².